The van der Waals surface area contributed by atoms with E-state index in [-0.39, 0.29) is 11.7 Å². The Hall–Kier alpha value is -1.61. The Morgan fingerprint density at radius 2 is 2.06 bits per heavy atom. The average Bonchev–Trinajstić information content (AvgIpc) is 2.34. The molecule has 0 saturated heterocycles. The second-order valence-corrected chi connectivity index (χ2v) is 4.00. The van der Waals surface area contributed by atoms with Crippen LogP contribution < -0.4 is 0 Å². The summed E-state index contributed by atoms with van der Waals surface area (Å²) in [6.45, 7) is 2.47. The van der Waals surface area contributed by atoms with Gasteiger partial charge in [0.05, 0.1) is 0 Å². The number of halogens is 1. The third-order valence-corrected chi connectivity index (χ3v) is 2.57. The van der Waals surface area contributed by atoms with Crippen LogP contribution in [0.5, 0.6) is 0 Å². The van der Waals surface area contributed by atoms with E-state index in [9.17, 15) is 9.59 Å². The molecule has 0 bridgehead atoms. The first-order valence-corrected chi connectivity index (χ1v) is 5.65. The summed E-state index contributed by atoms with van der Waals surface area (Å²) in [5.74, 6) is -0.423. The molecule has 0 aliphatic rings. The maximum atomic E-state index is 11.7. The molecular formula is C13H14ClNO2. The van der Waals surface area contributed by atoms with Crippen LogP contribution in [0, 0.1) is 0 Å². The largest absolute Gasteiger partial charge is 0.343 e. The van der Waals surface area contributed by atoms with Crippen molar-refractivity contribution in [2.75, 3.05) is 13.6 Å². The predicted octanol–water partition coefficient (Wildman–Crippen LogP) is 2.56. The minimum absolute atomic E-state index is 0.192. The van der Waals surface area contributed by atoms with Crippen molar-refractivity contribution in [2.24, 2.45) is 0 Å². The normalized spacial score (nSPS) is 10.5. The molecule has 90 valence electrons. The van der Waals surface area contributed by atoms with Gasteiger partial charge in [0.2, 0.25) is 5.91 Å². The highest BCUT2D eigenvalue weighted by Crippen LogP contribution is 2.11. The Morgan fingerprint density at radius 3 is 2.65 bits per heavy atom. The Balaban J connectivity index is 2.73. The number of amides is 1. The molecule has 0 spiro atoms. The van der Waals surface area contributed by atoms with E-state index in [1.165, 1.54) is 17.1 Å². The van der Waals surface area contributed by atoms with Crippen molar-refractivity contribution in [3.05, 3.63) is 47.0 Å². The van der Waals surface area contributed by atoms with Gasteiger partial charge < -0.3 is 4.90 Å². The molecule has 4 heteroatoms. The van der Waals surface area contributed by atoms with Crippen molar-refractivity contribution in [2.45, 2.75) is 6.92 Å². The van der Waals surface area contributed by atoms with Crippen molar-refractivity contribution in [3.63, 3.8) is 0 Å². The summed E-state index contributed by atoms with van der Waals surface area (Å²) in [7, 11) is 1.68. The van der Waals surface area contributed by atoms with Crippen LogP contribution in [-0.4, -0.2) is 30.2 Å². The molecule has 0 fully saturated rings. The Labute approximate surface area is 106 Å². The number of rotatable bonds is 4. The van der Waals surface area contributed by atoms with Crippen molar-refractivity contribution in [1.29, 1.82) is 0 Å². The van der Waals surface area contributed by atoms with Gasteiger partial charge in [0.15, 0.2) is 5.78 Å². The molecule has 1 amide bonds. The van der Waals surface area contributed by atoms with Gasteiger partial charge in [0, 0.05) is 30.3 Å². The van der Waals surface area contributed by atoms with E-state index in [0.29, 0.717) is 17.1 Å². The molecule has 0 radical (unpaired) electrons. The van der Waals surface area contributed by atoms with Gasteiger partial charge in [-0.05, 0) is 25.1 Å². The number of allylic oxidation sites excluding steroid dienone is 1. The van der Waals surface area contributed by atoms with E-state index < -0.39 is 0 Å². The molecule has 0 heterocycles. The SMILES string of the molecule is CCN(C)C(=O)/C=C/C(=O)c1cccc(Cl)c1. The number of hydrogen-bond acceptors (Lipinski definition) is 2. The van der Waals surface area contributed by atoms with Crippen LogP contribution in [-0.2, 0) is 4.79 Å². The molecule has 0 atom stereocenters. The smallest absolute Gasteiger partial charge is 0.246 e. The Morgan fingerprint density at radius 1 is 1.35 bits per heavy atom. The lowest BCUT2D eigenvalue weighted by Gasteiger charge is -2.10. The number of likely N-dealkylation sites (N-methyl/N-ethyl adjacent to an activating group) is 1. The van der Waals surface area contributed by atoms with E-state index in [2.05, 4.69) is 0 Å². The monoisotopic (exact) mass is 251 g/mol. The summed E-state index contributed by atoms with van der Waals surface area (Å²) < 4.78 is 0. The molecule has 0 aliphatic carbocycles. The van der Waals surface area contributed by atoms with Gasteiger partial charge in [-0.1, -0.05) is 23.7 Å². The molecular weight excluding hydrogens is 238 g/mol. The maximum Gasteiger partial charge on any atom is 0.246 e. The average molecular weight is 252 g/mol. The fraction of sp³-hybridized carbons (Fsp3) is 0.231. The van der Waals surface area contributed by atoms with Gasteiger partial charge in [-0.3, -0.25) is 9.59 Å². The molecule has 0 saturated carbocycles. The van der Waals surface area contributed by atoms with E-state index in [1.807, 2.05) is 6.92 Å². The third kappa shape index (κ3) is 4.04. The fourth-order valence-electron chi connectivity index (χ4n) is 1.17. The minimum atomic E-state index is -0.231. The molecule has 1 rings (SSSR count). The molecule has 0 aliphatic heterocycles. The second-order valence-electron chi connectivity index (χ2n) is 3.56. The number of nitrogens with zero attached hydrogens (tertiary/aromatic N) is 1. The second kappa shape index (κ2) is 6.21. The van der Waals surface area contributed by atoms with Crippen LogP contribution in [0.1, 0.15) is 17.3 Å². The van der Waals surface area contributed by atoms with Gasteiger partial charge in [0.1, 0.15) is 0 Å². The van der Waals surface area contributed by atoms with Gasteiger partial charge in [-0.15, -0.1) is 0 Å². The lowest BCUT2D eigenvalue weighted by atomic mass is 10.1. The summed E-state index contributed by atoms with van der Waals surface area (Å²) in [6.07, 6.45) is 2.53. The quantitative estimate of drug-likeness (QED) is 0.609. The van der Waals surface area contributed by atoms with Gasteiger partial charge in [0.25, 0.3) is 0 Å². The summed E-state index contributed by atoms with van der Waals surface area (Å²) in [5.41, 5.74) is 0.473. The summed E-state index contributed by atoms with van der Waals surface area (Å²) in [5, 5.41) is 0.501. The molecule has 17 heavy (non-hydrogen) atoms. The van der Waals surface area contributed by atoms with Crippen molar-refractivity contribution in [1.82, 2.24) is 4.90 Å². The van der Waals surface area contributed by atoms with Crippen LogP contribution in [0.15, 0.2) is 36.4 Å². The molecule has 1 aromatic rings. The summed E-state index contributed by atoms with van der Waals surface area (Å²) >= 11 is 5.77. The lowest BCUT2D eigenvalue weighted by molar-refractivity contribution is -0.124. The molecule has 3 nitrogen and oxygen atoms in total. The molecule has 1 aromatic carbocycles. The van der Waals surface area contributed by atoms with Crippen LogP contribution in [0.2, 0.25) is 5.02 Å². The third-order valence-electron chi connectivity index (χ3n) is 2.34. The van der Waals surface area contributed by atoms with E-state index >= 15 is 0 Å². The van der Waals surface area contributed by atoms with Crippen molar-refractivity contribution >= 4 is 23.3 Å². The van der Waals surface area contributed by atoms with Crippen molar-refractivity contribution < 1.29 is 9.59 Å². The zero-order valence-corrected chi connectivity index (χ0v) is 10.6. The molecule has 0 aromatic heterocycles. The lowest BCUT2D eigenvalue weighted by Crippen LogP contribution is -2.24. The minimum Gasteiger partial charge on any atom is -0.343 e. The number of carbonyl (C=O) groups is 2. The fourth-order valence-corrected chi connectivity index (χ4v) is 1.36. The van der Waals surface area contributed by atoms with Gasteiger partial charge in [-0.25, -0.2) is 0 Å². The highest BCUT2D eigenvalue weighted by Gasteiger charge is 2.05. The van der Waals surface area contributed by atoms with Crippen LogP contribution in [0.3, 0.4) is 0 Å². The standard InChI is InChI=1S/C13H14ClNO2/c1-3-15(2)13(17)8-7-12(16)10-5-4-6-11(14)9-10/h4-9H,3H2,1-2H3/b8-7+. The Kier molecular flexibility index (Phi) is 4.91. The van der Waals surface area contributed by atoms with Gasteiger partial charge >= 0.3 is 0 Å². The van der Waals surface area contributed by atoms with Crippen LogP contribution >= 0.6 is 11.6 Å². The van der Waals surface area contributed by atoms with Crippen LogP contribution in [0.4, 0.5) is 0 Å². The number of ketones is 1. The van der Waals surface area contributed by atoms with E-state index in [1.54, 1.807) is 31.3 Å². The predicted molar refractivity (Wildman–Crippen MR) is 68.2 cm³/mol. The number of benzene rings is 1. The number of hydrogen-bond donors (Lipinski definition) is 0. The van der Waals surface area contributed by atoms with E-state index in [4.69, 9.17) is 11.6 Å². The first-order chi connectivity index (χ1) is 8.04. The highest BCUT2D eigenvalue weighted by atomic mass is 35.5. The zero-order valence-electron chi connectivity index (χ0n) is 9.81. The van der Waals surface area contributed by atoms with Crippen LogP contribution in [0.25, 0.3) is 0 Å². The van der Waals surface area contributed by atoms with Gasteiger partial charge in [-0.2, -0.15) is 0 Å². The zero-order chi connectivity index (χ0) is 12.8. The highest BCUT2D eigenvalue weighted by molar-refractivity contribution is 6.31. The van der Waals surface area contributed by atoms with Crippen molar-refractivity contribution in [3.8, 4) is 0 Å². The maximum absolute atomic E-state index is 11.7. The summed E-state index contributed by atoms with van der Waals surface area (Å²) in [4.78, 5) is 24.6. The first kappa shape index (κ1) is 13.5. The number of carbonyl (C=O) groups excluding carboxylic acids is 2. The molecule has 0 unspecified atom stereocenters. The summed E-state index contributed by atoms with van der Waals surface area (Å²) in [6, 6.07) is 6.62. The molecule has 0 N–H and O–H groups in total. The Bertz CT molecular complexity index is 454. The van der Waals surface area contributed by atoms with E-state index in [0.717, 1.165) is 0 Å². The first-order valence-electron chi connectivity index (χ1n) is 5.27. The topological polar surface area (TPSA) is 37.4 Å².